The summed E-state index contributed by atoms with van der Waals surface area (Å²) in [7, 11) is -3.83. The number of nitrogen functional groups attached to an aromatic ring is 1. The highest BCUT2D eigenvalue weighted by molar-refractivity contribution is 7.89. The fourth-order valence-corrected chi connectivity index (χ4v) is 2.54. The molecule has 0 amide bonds. The summed E-state index contributed by atoms with van der Waals surface area (Å²) in [6.07, 6.45) is 0. The third-order valence-corrected chi connectivity index (χ3v) is 3.92. The van der Waals surface area contributed by atoms with Crippen molar-refractivity contribution >= 4 is 33.0 Å². The fraction of sp³-hybridized carbons (Fsp3) is 0.0769. The summed E-state index contributed by atoms with van der Waals surface area (Å²) in [6.45, 7) is 0.327. The van der Waals surface area contributed by atoms with Crippen molar-refractivity contribution in [3.8, 4) is 0 Å². The Bertz CT molecular complexity index is 781. The molecular weight excluding hydrogens is 317 g/mol. The predicted octanol–water partition coefficient (Wildman–Crippen LogP) is 2.32. The Kier molecular flexibility index (Phi) is 4.36. The van der Waals surface area contributed by atoms with Crippen LogP contribution < -0.4 is 16.2 Å². The van der Waals surface area contributed by atoms with Crippen LogP contribution in [0, 0.1) is 5.82 Å². The fourth-order valence-electron chi connectivity index (χ4n) is 1.74. The Morgan fingerprint density at radius 1 is 1.19 bits per heavy atom. The van der Waals surface area contributed by atoms with Crippen LogP contribution in [-0.2, 0) is 16.6 Å². The van der Waals surface area contributed by atoms with Gasteiger partial charge in [0, 0.05) is 17.9 Å². The first-order valence-electron chi connectivity index (χ1n) is 5.87. The molecule has 0 aliphatic heterocycles. The second kappa shape index (κ2) is 5.88. The molecule has 2 rings (SSSR count). The van der Waals surface area contributed by atoms with E-state index < -0.39 is 15.8 Å². The van der Waals surface area contributed by atoms with E-state index in [0.29, 0.717) is 12.2 Å². The van der Waals surface area contributed by atoms with E-state index >= 15 is 0 Å². The molecule has 0 aliphatic rings. The molecule has 0 saturated carbocycles. The van der Waals surface area contributed by atoms with Gasteiger partial charge in [-0.2, -0.15) is 0 Å². The second-order valence-corrected chi connectivity index (χ2v) is 6.41. The van der Waals surface area contributed by atoms with Crippen LogP contribution in [0.15, 0.2) is 41.3 Å². The zero-order chi connectivity index (χ0) is 15.6. The van der Waals surface area contributed by atoms with E-state index in [9.17, 15) is 12.8 Å². The number of hydrogen-bond donors (Lipinski definition) is 3. The first kappa shape index (κ1) is 15.6. The summed E-state index contributed by atoms with van der Waals surface area (Å²) in [5, 5.41) is 8.07. The number of primary sulfonamides is 1. The van der Waals surface area contributed by atoms with Gasteiger partial charge in [-0.3, -0.25) is 0 Å². The number of hydrogen-bond acceptors (Lipinski definition) is 4. The SMILES string of the molecule is Nc1cc(NCc2ccc(F)c(Cl)c2)cc(S(N)(=O)=O)c1. The number of nitrogens with two attached hydrogens (primary N) is 2. The van der Waals surface area contributed by atoms with E-state index in [2.05, 4.69) is 5.32 Å². The second-order valence-electron chi connectivity index (χ2n) is 4.44. The number of benzene rings is 2. The van der Waals surface area contributed by atoms with Gasteiger partial charge in [0.25, 0.3) is 0 Å². The lowest BCUT2D eigenvalue weighted by molar-refractivity contribution is 0.598. The summed E-state index contributed by atoms with van der Waals surface area (Å²) in [5.41, 5.74) is 7.13. The van der Waals surface area contributed by atoms with Crippen LogP contribution in [0.5, 0.6) is 0 Å². The van der Waals surface area contributed by atoms with Gasteiger partial charge in [0.1, 0.15) is 5.82 Å². The maximum Gasteiger partial charge on any atom is 0.238 e. The molecule has 0 atom stereocenters. The van der Waals surface area contributed by atoms with Crippen LogP contribution in [-0.4, -0.2) is 8.42 Å². The summed E-state index contributed by atoms with van der Waals surface area (Å²) in [4.78, 5) is -0.0814. The number of halogens is 2. The molecule has 2 aromatic rings. The Balaban J connectivity index is 2.20. The van der Waals surface area contributed by atoms with Gasteiger partial charge < -0.3 is 11.1 Å². The number of sulfonamides is 1. The molecule has 0 aliphatic carbocycles. The van der Waals surface area contributed by atoms with Gasteiger partial charge in [-0.05, 0) is 35.9 Å². The Labute approximate surface area is 126 Å². The van der Waals surface area contributed by atoms with Crippen molar-refractivity contribution < 1.29 is 12.8 Å². The van der Waals surface area contributed by atoms with Crippen molar-refractivity contribution in [3.63, 3.8) is 0 Å². The summed E-state index contributed by atoms with van der Waals surface area (Å²) >= 11 is 5.69. The van der Waals surface area contributed by atoms with Crippen molar-refractivity contribution in [3.05, 3.63) is 52.8 Å². The van der Waals surface area contributed by atoms with Gasteiger partial charge in [0.15, 0.2) is 0 Å². The zero-order valence-corrected chi connectivity index (χ0v) is 12.4. The largest absolute Gasteiger partial charge is 0.399 e. The van der Waals surface area contributed by atoms with Crippen molar-refractivity contribution in [2.75, 3.05) is 11.1 Å². The minimum atomic E-state index is -3.83. The van der Waals surface area contributed by atoms with Gasteiger partial charge in [-0.25, -0.2) is 17.9 Å². The van der Waals surface area contributed by atoms with Gasteiger partial charge in [0.2, 0.25) is 10.0 Å². The Hall–Kier alpha value is -1.83. The average Bonchev–Trinajstić information content (AvgIpc) is 2.38. The molecule has 5 N–H and O–H groups in total. The zero-order valence-electron chi connectivity index (χ0n) is 10.8. The molecule has 112 valence electrons. The minimum absolute atomic E-state index is 0.0205. The predicted molar refractivity (Wildman–Crippen MR) is 81.0 cm³/mol. The summed E-state index contributed by atoms with van der Waals surface area (Å²) in [5.74, 6) is -0.499. The molecule has 0 heterocycles. The lowest BCUT2D eigenvalue weighted by Crippen LogP contribution is -2.13. The lowest BCUT2D eigenvalue weighted by atomic mass is 10.2. The van der Waals surface area contributed by atoms with Crippen LogP contribution in [0.2, 0.25) is 5.02 Å². The normalized spacial score (nSPS) is 11.4. The highest BCUT2D eigenvalue weighted by Gasteiger charge is 2.10. The van der Waals surface area contributed by atoms with E-state index in [1.54, 1.807) is 12.1 Å². The lowest BCUT2D eigenvalue weighted by Gasteiger charge is -2.10. The summed E-state index contributed by atoms with van der Waals surface area (Å²) < 4.78 is 35.7. The third-order valence-electron chi connectivity index (χ3n) is 2.74. The molecule has 21 heavy (non-hydrogen) atoms. The molecule has 0 saturated heterocycles. The van der Waals surface area contributed by atoms with E-state index in [-0.39, 0.29) is 15.6 Å². The number of nitrogens with one attached hydrogen (secondary N) is 1. The number of rotatable bonds is 4. The topological polar surface area (TPSA) is 98.2 Å². The van der Waals surface area contributed by atoms with Gasteiger partial charge >= 0.3 is 0 Å². The Morgan fingerprint density at radius 2 is 1.90 bits per heavy atom. The molecule has 0 radical (unpaired) electrons. The Morgan fingerprint density at radius 3 is 2.52 bits per heavy atom. The van der Waals surface area contributed by atoms with E-state index in [0.717, 1.165) is 5.56 Å². The van der Waals surface area contributed by atoms with Crippen LogP contribution in [0.25, 0.3) is 0 Å². The molecule has 0 fully saturated rings. The highest BCUT2D eigenvalue weighted by Crippen LogP contribution is 2.21. The van der Waals surface area contributed by atoms with Crippen molar-refractivity contribution in [2.24, 2.45) is 5.14 Å². The van der Waals surface area contributed by atoms with Crippen LogP contribution in [0.4, 0.5) is 15.8 Å². The van der Waals surface area contributed by atoms with E-state index in [1.165, 1.54) is 24.3 Å². The maximum atomic E-state index is 13.0. The molecule has 8 heteroatoms. The van der Waals surface area contributed by atoms with Crippen LogP contribution in [0.1, 0.15) is 5.56 Å². The summed E-state index contributed by atoms with van der Waals surface area (Å²) in [6, 6.07) is 8.53. The number of anilines is 2. The van der Waals surface area contributed by atoms with E-state index in [1.807, 2.05) is 0 Å². The minimum Gasteiger partial charge on any atom is -0.399 e. The third kappa shape index (κ3) is 4.07. The maximum absolute atomic E-state index is 13.0. The van der Waals surface area contributed by atoms with Crippen LogP contribution >= 0.6 is 11.6 Å². The van der Waals surface area contributed by atoms with Gasteiger partial charge in [-0.1, -0.05) is 17.7 Å². The smallest absolute Gasteiger partial charge is 0.238 e. The van der Waals surface area contributed by atoms with Gasteiger partial charge in [-0.15, -0.1) is 0 Å². The molecule has 5 nitrogen and oxygen atoms in total. The molecule has 0 unspecified atom stereocenters. The average molecular weight is 330 g/mol. The highest BCUT2D eigenvalue weighted by atomic mass is 35.5. The molecule has 0 aromatic heterocycles. The molecule has 2 aromatic carbocycles. The first-order chi connectivity index (χ1) is 9.75. The van der Waals surface area contributed by atoms with Gasteiger partial charge in [0.05, 0.1) is 9.92 Å². The van der Waals surface area contributed by atoms with Crippen molar-refractivity contribution in [1.29, 1.82) is 0 Å². The van der Waals surface area contributed by atoms with E-state index in [4.69, 9.17) is 22.5 Å². The molecule has 0 spiro atoms. The van der Waals surface area contributed by atoms with Crippen LogP contribution in [0.3, 0.4) is 0 Å². The first-order valence-corrected chi connectivity index (χ1v) is 7.79. The molecular formula is C13H13ClFN3O2S. The standard InChI is InChI=1S/C13H13ClFN3O2S/c14-12-3-8(1-2-13(12)15)7-18-10-4-9(16)5-11(6-10)21(17,19)20/h1-6,18H,7,16H2,(H2,17,19,20). The van der Waals surface area contributed by atoms with Crippen molar-refractivity contribution in [1.82, 2.24) is 0 Å². The monoisotopic (exact) mass is 329 g/mol. The van der Waals surface area contributed by atoms with Crippen molar-refractivity contribution in [2.45, 2.75) is 11.4 Å². The molecule has 0 bridgehead atoms. The quantitative estimate of drug-likeness (QED) is 0.750.